The van der Waals surface area contributed by atoms with Crippen LogP contribution in [0.1, 0.15) is 57.7 Å². The van der Waals surface area contributed by atoms with E-state index in [9.17, 15) is 4.79 Å². The molecule has 3 heteroatoms. The molecule has 0 aliphatic heterocycles. The van der Waals surface area contributed by atoms with Crippen molar-refractivity contribution in [2.45, 2.75) is 33.5 Å². The molecular weight excluding hydrogens is 212 g/mol. The van der Waals surface area contributed by atoms with Gasteiger partial charge in [-0.3, -0.25) is 4.79 Å². The van der Waals surface area contributed by atoms with Crippen molar-refractivity contribution in [3.05, 3.63) is 35.7 Å². The van der Waals surface area contributed by atoms with E-state index >= 15 is 0 Å². The third kappa shape index (κ3) is 1.97. The van der Waals surface area contributed by atoms with E-state index in [1.165, 1.54) is 4.52 Å². The average molecular weight is 236 g/mol. The van der Waals surface area contributed by atoms with Crippen molar-refractivity contribution in [3.63, 3.8) is 0 Å². The average Bonchev–Trinajstić information content (AvgIpc) is 2.72. The quantitative estimate of drug-likeness (QED) is 0.766. The minimum Gasteiger partial charge on any atom is -0.294 e. The first-order valence-electron chi connectivity index (χ1n) is 8.46. The largest absolute Gasteiger partial charge is 0.294 e. The van der Waals surface area contributed by atoms with Gasteiger partial charge < -0.3 is 0 Å². The van der Waals surface area contributed by atoms with Gasteiger partial charge in [0.2, 0.25) is 0 Å². The molecule has 3 nitrogen and oxygen atoms in total. The Labute approximate surface area is 110 Å². The lowest BCUT2D eigenvalue weighted by Gasteiger charge is -2.07. The van der Waals surface area contributed by atoms with Gasteiger partial charge in [-0.1, -0.05) is 33.6 Å². The van der Waals surface area contributed by atoms with Gasteiger partial charge in [-0.25, -0.2) is 4.52 Å². The fourth-order valence-corrected chi connectivity index (χ4v) is 1.76. The highest BCUT2D eigenvalue weighted by atomic mass is 16.1. The molecule has 2 aromatic rings. The fraction of sp³-hybridized carbons (Fsp3) is 0.429. The number of aromatic nitrogens is 2. The Morgan fingerprint density at radius 3 is 2.82 bits per heavy atom. The second-order valence-corrected chi connectivity index (χ2v) is 4.24. The highest BCUT2D eigenvalue weighted by Crippen LogP contribution is 2.25. The lowest BCUT2D eigenvalue weighted by atomic mass is 9.95. The molecule has 0 aromatic carbocycles. The summed E-state index contributed by atoms with van der Waals surface area (Å²) in [5, 5.41) is 4.13. The number of nitrogens with zero attached hydrogens (tertiary/aromatic N) is 2. The Morgan fingerprint density at radius 2 is 2.18 bits per heavy atom. The Hall–Kier alpha value is -1.64. The molecule has 2 heterocycles. The Bertz CT molecular complexity index is 715. The van der Waals surface area contributed by atoms with E-state index in [4.69, 9.17) is 8.22 Å². The second-order valence-electron chi connectivity index (χ2n) is 4.24. The van der Waals surface area contributed by atoms with Crippen LogP contribution < -0.4 is 0 Å². The lowest BCUT2D eigenvalue weighted by Crippen LogP contribution is -2.10. The first kappa shape index (κ1) is 6.34. The highest BCUT2D eigenvalue weighted by Gasteiger charge is 2.22. The van der Waals surface area contributed by atoms with Gasteiger partial charge in [-0.15, -0.1) is 0 Å². The monoisotopic (exact) mass is 236 g/mol. The molecule has 0 radical (unpaired) electrons. The second kappa shape index (κ2) is 4.32. The van der Waals surface area contributed by atoms with Crippen molar-refractivity contribution in [1.82, 2.24) is 9.61 Å². The van der Waals surface area contributed by atoms with E-state index in [0.29, 0.717) is 5.52 Å². The molecule has 0 aliphatic carbocycles. The standard InChI is InChI=1S/C14H18N2O/c1-9(2)13-12(14(17)10(3)4)11-7-5-6-8-16(11)15-13/h5-10H,1-4H3/i1D3,2D3. The van der Waals surface area contributed by atoms with Crippen molar-refractivity contribution in [1.29, 1.82) is 0 Å². The van der Waals surface area contributed by atoms with E-state index in [1.807, 2.05) is 0 Å². The molecule has 2 rings (SSSR count). The number of hydrogen-bond donors (Lipinski definition) is 0. The smallest absolute Gasteiger partial charge is 0.169 e. The van der Waals surface area contributed by atoms with E-state index in [-0.39, 0.29) is 17.0 Å². The zero-order valence-electron chi connectivity index (χ0n) is 15.8. The molecule has 0 fully saturated rings. The predicted molar refractivity (Wildman–Crippen MR) is 68.4 cm³/mol. The van der Waals surface area contributed by atoms with Crippen LogP contribution in [0, 0.1) is 5.92 Å². The van der Waals surface area contributed by atoms with Crippen LogP contribution in [0.2, 0.25) is 0 Å². The molecule has 0 spiro atoms. The van der Waals surface area contributed by atoms with Gasteiger partial charge in [-0.05, 0) is 18.1 Å². The normalized spacial score (nSPS) is 18.4. The van der Waals surface area contributed by atoms with Gasteiger partial charge in [0.05, 0.1) is 16.8 Å². The molecule has 0 unspecified atom stereocenters. The summed E-state index contributed by atoms with van der Waals surface area (Å²) in [6.07, 6.45) is 1.56. The van der Waals surface area contributed by atoms with Crippen LogP contribution in [-0.2, 0) is 0 Å². The number of fused-ring (bicyclic) bond motifs is 1. The molecule has 90 valence electrons. The number of rotatable bonds is 3. The number of Topliss-reactive ketones (excluding diaryl/α,β-unsaturated/α-hetero) is 1. The van der Waals surface area contributed by atoms with Crippen LogP contribution >= 0.6 is 0 Å². The Kier molecular flexibility index (Phi) is 1.61. The molecule has 0 aliphatic rings. The van der Waals surface area contributed by atoms with Gasteiger partial charge >= 0.3 is 0 Å². The summed E-state index contributed by atoms with van der Waals surface area (Å²) in [5.41, 5.74) is 0.312. The summed E-state index contributed by atoms with van der Waals surface area (Å²) in [7, 11) is 0. The van der Waals surface area contributed by atoms with Crippen LogP contribution in [0.15, 0.2) is 24.4 Å². The van der Waals surface area contributed by atoms with Crippen molar-refractivity contribution < 1.29 is 13.0 Å². The van der Waals surface area contributed by atoms with Gasteiger partial charge in [0, 0.05) is 20.3 Å². The van der Waals surface area contributed by atoms with Crippen LogP contribution in [0.5, 0.6) is 0 Å². The SMILES string of the molecule is [2H]C([2H])([2H])C(c1nn2ccccc2c1C(=O)C(C)C)C([2H])([2H])[2H]. The molecule has 0 bridgehead atoms. The van der Waals surface area contributed by atoms with Gasteiger partial charge in [-0.2, -0.15) is 5.10 Å². The molecule has 0 N–H and O–H groups in total. The third-order valence-electron chi connectivity index (χ3n) is 2.61. The van der Waals surface area contributed by atoms with Crippen LogP contribution in [0.25, 0.3) is 5.52 Å². The van der Waals surface area contributed by atoms with Crippen molar-refractivity contribution in [2.24, 2.45) is 5.92 Å². The molecule has 0 atom stereocenters. The minimum atomic E-state index is -2.80. The first-order chi connectivity index (χ1) is 10.4. The van der Waals surface area contributed by atoms with Crippen LogP contribution in [-0.4, -0.2) is 15.4 Å². The Balaban J connectivity index is 2.82. The molecule has 2 aromatic heterocycles. The van der Waals surface area contributed by atoms with Crippen LogP contribution in [0.4, 0.5) is 0 Å². The van der Waals surface area contributed by atoms with Gasteiger partial charge in [0.25, 0.3) is 0 Å². The summed E-state index contributed by atoms with van der Waals surface area (Å²) in [5.74, 6) is -2.54. The lowest BCUT2D eigenvalue weighted by molar-refractivity contribution is 0.0939. The van der Waals surface area contributed by atoms with E-state index < -0.39 is 25.5 Å². The maximum atomic E-state index is 12.6. The number of ketones is 1. The maximum Gasteiger partial charge on any atom is 0.169 e. The summed E-state index contributed by atoms with van der Waals surface area (Å²) < 4.78 is 47.0. The number of carbonyl (C=O) groups excluding carboxylic acids is 1. The summed E-state index contributed by atoms with van der Waals surface area (Å²) >= 11 is 0. The van der Waals surface area contributed by atoms with Crippen LogP contribution in [0.3, 0.4) is 0 Å². The van der Waals surface area contributed by atoms with Gasteiger partial charge in [0.15, 0.2) is 5.78 Å². The van der Waals surface area contributed by atoms with Gasteiger partial charge in [0.1, 0.15) is 0 Å². The third-order valence-corrected chi connectivity index (χ3v) is 2.61. The minimum absolute atomic E-state index is 0.0813. The molecule has 17 heavy (non-hydrogen) atoms. The van der Waals surface area contributed by atoms with E-state index in [2.05, 4.69) is 5.10 Å². The maximum absolute atomic E-state index is 12.6. The highest BCUT2D eigenvalue weighted by molar-refractivity contribution is 6.04. The van der Waals surface area contributed by atoms with Crippen molar-refractivity contribution in [2.75, 3.05) is 0 Å². The molecule has 0 amide bonds. The summed E-state index contributed by atoms with van der Waals surface area (Å²) in [6.45, 7) is -2.24. The van der Waals surface area contributed by atoms with Crippen molar-refractivity contribution in [3.8, 4) is 0 Å². The fourth-order valence-electron chi connectivity index (χ4n) is 1.76. The molecule has 0 saturated carbocycles. The van der Waals surface area contributed by atoms with Crippen molar-refractivity contribution >= 4 is 11.3 Å². The van der Waals surface area contributed by atoms with E-state index in [0.717, 1.165) is 0 Å². The molecule has 0 saturated heterocycles. The predicted octanol–water partition coefficient (Wildman–Crippen LogP) is 3.30. The zero-order valence-corrected chi connectivity index (χ0v) is 9.77. The number of carbonyl (C=O) groups is 1. The Morgan fingerprint density at radius 1 is 1.41 bits per heavy atom. The summed E-state index contributed by atoms with van der Waals surface area (Å²) in [4.78, 5) is 12.6. The summed E-state index contributed by atoms with van der Waals surface area (Å²) in [6, 6.07) is 4.99. The number of hydrogen-bond acceptors (Lipinski definition) is 2. The topological polar surface area (TPSA) is 34.4 Å². The number of pyridine rings is 1. The molecular formula is C14H18N2O. The van der Waals surface area contributed by atoms with E-state index in [1.54, 1.807) is 38.2 Å². The zero-order chi connectivity index (χ0) is 17.6. The first-order valence-corrected chi connectivity index (χ1v) is 5.46.